The molecule has 1 aromatic heterocycles. The average Bonchev–Trinajstić information content (AvgIpc) is 2.79. The molecule has 0 saturated heterocycles. The molecule has 0 aliphatic rings. The Kier molecular flexibility index (Phi) is 3.99. The van der Waals surface area contributed by atoms with E-state index in [0.29, 0.717) is 0 Å². The highest BCUT2D eigenvalue weighted by atomic mass is 16.3. The van der Waals surface area contributed by atoms with Crippen molar-refractivity contribution in [2.45, 2.75) is 26.3 Å². The van der Waals surface area contributed by atoms with Crippen LogP contribution in [0, 0.1) is 0 Å². The van der Waals surface area contributed by atoms with Crippen molar-refractivity contribution in [1.82, 2.24) is 5.32 Å². The highest BCUT2D eigenvalue weighted by molar-refractivity contribution is 5.58. The molecule has 0 aliphatic carbocycles. The second-order valence-corrected chi connectivity index (χ2v) is 4.25. The quantitative estimate of drug-likeness (QED) is 0.847. The fourth-order valence-corrected chi connectivity index (χ4v) is 1.97. The molecule has 0 aliphatic heterocycles. The standard InChI is InChI=1S/C15H19NO/c1-3-5-12-6-4-7-13(10-12)15-9-8-14(17-15)11-16-2/h4,6-10,16H,3,5,11H2,1-2H3. The summed E-state index contributed by atoms with van der Waals surface area (Å²) in [5.41, 5.74) is 2.54. The van der Waals surface area contributed by atoms with Crippen LogP contribution in [0.5, 0.6) is 0 Å². The smallest absolute Gasteiger partial charge is 0.134 e. The van der Waals surface area contributed by atoms with Gasteiger partial charge in [0.15, 0.2) is 0 Å². The molecule has 2 heteroatoms. The summed E-state index contributed by atoms with van der Waals surface area (Å²) in [4.78, 5) is 0. The van der Waals surface area contributed by atoms with E-state index in [0.717, 1.165) is 24.5 Å². The average molecular weight is 229 g/mol. The van der Waals surface area contributed by atoms with Crippen molar-refractivity contribution in [2.75, 3.05) is 7.05 Å². The summed E-state index contributed by atoms with van der Waals surface area (Å²) < 4.78 is 5.78. The third-order valence-corrected chi connectivity index (χ3v) is 2.76. The maximum atomic E-state index is 5.78. The molecule has 0 radical (unpaired) electrons. The van der Waals surface area contributed by atoms with Gasteiger partial charge in [0.2, 0.25) is 0 Å². The van der Waals surface area contributed by atoms with Gasteiger partial charge in [0, 0.05) is 5.56 Å². The highest BCUT2D eigenvalue weighted by Crippen LogP contribution is 2.23. The highest BCUT2D eigenvalue weighted by Gasteiger charge is 2.04. The van der Waals surface area contributed by atoms with Gasteiger partial charge in [-0.3, -0.25) is 0 Å². The van der Waals surface area contributed by atoms with Gasteiger partial charge < -0.3 is 9.73 Å². The lowest BCUT2D eigenvalue weighted by molar-refractivity contribution is 0.507. The Hall–Kier alpha value is -1.54. The van der Waals surface area contributed by atoms with E-state index in [1.165, 1.54) is 17.5 Å². The minimum atomic E-state index is 0.772. The maximum absolute atomic E-state index is 5.78. The molecule has 0 unspecified atom stereocenters. The van der Waals surface area contributed by atoms with Gasteiger partial charge in [-0.25, -0.2) is 0 Å². The second-order valence-electron chi connectivity index (χ2n) is 4.25. The first-order valence-electron chi connectivity index (χ1n) is 6.16. The van der Waals surface area contributed by atoms with Crippen molar-refractivity contribution in [2.24, 2.45) is 0 Å². The zero-order chi connectivity index (χ0) is 12.1. The van der Waals surface area contributed by atoms with E-state index in [-0.39, 0.29) is 0 Å². The molecular weight excluding hydrogens is 210 g/mol. The van der Waals surface area contributed by atoms with Gasteiger partial charge in [0.1, 0.15) is 11.5 Å². The Morgan fingerprint density at radius 1 is 1.18 bits per heavy atom. The normalized spacial score (nSPS) is 10.7. The predicted molar refractivity (Wildman–Crippen MR) is 70.9 cm³/mol. The molecule has 0 atom stereocenters. The Labute approximate surface area is 103 Å². The number of furan rings is 1. The van der Waals surface area contributed by atoms with Crippen LogP contribution in [0.2, 0.25) is 0 Å². The molecule has 0 bridgehead atoms. The van der Waals surface area contributed by atoms with Crippen LogP contribution in [0.15, 0.2) is 40.8 Å². The number of benzene rings is 1. The molecule has 1 heterocycles. The van der Waals surface area contributed by atoms with Gasteiger partial charge in [0.25, 0.3) is 0 Å². The first-order valence-corrected chi connectivity index (χ1v) is 6.16. The first kappa shape index (κ1) is 11.9. The Balaban J connectivity index is 2.22. The number of nitrogens with one attached hydrogen (secondary N) is 1. The fourth-order valence-electron chi connectivity index (χ4n) is 1.97. The number of hydrogen-bond donors (Lipinski definition) is 1. The third-order valence-electron chi connectivity index (χ3n) is 2.76. The fraction of sp³-hybridized carbons (Fsp3) is 0.333. The minimum absolute atomic E-state index is 0.772. The van der Waals surface area contributed by atoms with Gasteiger partial charge >= 0.3 is 0 Å². The first-order chi connectivity index (χ1) is 8.33. The van der Waals surface area contributed by atoms with E-state index in [2.05, 4.69) is 36.5 Å². The topological polar surface area (TPSA) is 25.2 Å². The molecule has 2 aromatic rings. The molecule has 0 fully saturated rings. The lowest BCUT2D eigenvalue weighted by atomic mass is 10.1. The molecule has 0 amide bonds. The summed E-state index contributed by atoms with van der Waals surface area (Å²) >= 11 is 0. The van der Waals surface area contributed by atoms with Crippen molar-refractivity contribution in [3.63, 3.8) is 0 Å². The van der Waals surface area contributed by atoms with Crippen LogP contribution in [-0.2, 0) is 13.0 Å². The van der Waals surface area contributed by atoms with E-state index >= 15 is 0 Å². The van der Waals surface area contributed by atoms with Crippen LogP contribution < -0.4 is 5.32 Å². The molecule has 17 heavy (non-hydrogen) atoms. The van der Waals surface area contributed by atoms with Gasteiger partial charge in [-0.15, -0.1) is 0 Å². The SMILES string of the molecule is CCCc1cccc(-c2ccc(CNC)o2)c1. The van der Waals surface area contributed by atoms with E-state index in [4.69, 9.17) is 4.42 Å². The molecule has 1 aromatic carbocycles. The second kappa shape index (κ2) is 5.69. The molecule has 2 rings (SSSR count). The van der Waals surface area contributed by atoms with Crippen molar-refractivity contribution < 1.29 is 4.42 Å². The minimum Gasteiger partial charge on any atom is -0.460 e. The van der Waals surface area contributed by atoms with Crippen molar-refractivity contribution in [1.29, 1.82) is 0 Å². The largest absolute Gasteiger partial charge is 0.460 e. The summed E-state index contributed by atoms with van der Waals surface area (Å²) in [5, 5.41) is 3.09. The molecule has 2 nitrogen and oxygen atoms in total. The maximum Gasteiger partial charge on any atom is 0.134 e. The molecule has 90 valence electrons. The molecule has 0 saturated carbocycles. The third kappa shape index (κ3) is 2.98. The summed E-state index contributed by atoms with van der Waals surface area (Å²) in [7, 11) is 1.92. The zero-order valence-electron chi connectivity index (χ0n) is 10.5. The summed E-state index contributed by atoms with van der Waals surface area (Å²) in [6.07, 6.45) is 2.30. The summed E-state index contributed by atoms with van der Waals surface area (Å²) in [5.74, 6) is 1.93. The number of aryl methyl sites for hydroxylation is 1. The van der Waals surface area contributed by atoms with Crippen molar-refractivity contribution in [3.05, 3.63) is 47.7 Å². The van der Waals surface area contributed by atoms with Crippen LogP contribution in [0.3, 0.4) is 0 Å². The summed E-state index contributed by atoms with van der Waals surface area (Å²) in [6.45, 7) is 2.97. The van der Waals surface area contributed by atoms with Crippen LogP contribution in [-0.4, -0.2) is 7.05 Å². The van der Waals surface area contributed by atoms with Gasteiger partial charge in [-0.1, -0.05) is 31.5 Å². The molecule has 0 spiro atoms. The number of rotatable bonds is 5. The monoisotopic (exact) mass is 229 g/mol. The van der Waals surface area contributed by atoms with Gasteiger partial charge in [-0.05, 0) is 37.2 Å². The van der Waals surface area contributed by atoms with Crippen molar-refractivity contribution >= 4 is 0 Å². The van der Waals surface area contributed by atoms with E-state index in [1.54, 1.807) is 0 Å². The Bertz CT molecular complexity index is 473. The summed E-state index contributed by atoms with van der Waals surface area (Å²) in [6, 6.07) is 12.6. The van der Waals surface area contributed by atoms with Gasteiger partial charge in [-0.2, -0.15) is 0 Å². The van der Waals surface area contributed by atoms with Crippen LogP contribution in [0.25, 0.3) is 11.3 Å². The number of hydrogen-bond acceptors (Lipinski definition) is 2. The van der Waals surface area contributed by atoms with Crippen molar-refractivity contribution in [3.8, 4) is 11.3 Å². The Morgan fingerprint density at radius 3 is 2.82 bits per heavy atom. The van der Waals surface area contributed by atoms with E-state index in [1.807, 2.05) is 19.2 Å². The zero-order valence-corrected chi connectivity index (χ0v) is 10.5. The van der Waals surface area contributed by atoms with Crippen LogP contribution in [0.4, 0.5) is 0 Å². The van der Waals surface area contributed by atoms with Gasteiger partial charge in [0.05, 0.1) is 6.54 Å². The lowest BCUT2D eigenvalue weighted by Gasteiger charge is -2.02. The van der Waals surface area contributed by atoms with Crippen LogP contribution in [0.1, 0.15) is 24.7 Å². The predicted octanol–water partition coefficient (Wildman–Crippen LogP) is 3.62. The van der Waals surface area contributed by atoms with E-state index in [9.17, 15) is 0 Å². The molecular formula is C15H19NO. The lowest BCUT2D eigenvalue weighted by Crippen LogP contribution is -2.03. The Morgan fingerprint density at radius 2 is 2.06 bits per heavy atom. The molecule has 1 N–H and O–H groups in total. The van der Waals surface area contributed by atoms with E-state index < -0.39 is 0 Å². The van der Waals surface area contributed by atoms with Crippen LogP contribution >= 0.6 is 0 Å².